The molecule has 6 heteroatoms. The number of aryl methyl sites for hydroxylation is 2. The Hall–Kier alpha value is -3.28. The summed E-state index contributed by atoms with van der Waals surface area (Å²) >= 11 is 0. The van der Waals surface area contributed by atoms with Gasteiger partial charge in [-0.15, -0.1) is 0 Å². The lowest BCUT2D eigenvalue weighted by molar-refractivity contribution is 0.413. The van der Waals surface area contributed by atoms with Crippen LogP contribution in [0.15, 0.2) is 48.5 Å². The number of hydrogen-bond acceptors (Lipinski definition) is 4. The van der Waals surface area contributed by atoms with Crippen LogP contribution in [0.4, 0.5) is 0 Å². The lowest BCUT2D eigenvalue weighted by atomic mass is 10.2. The maximum Gasteiger partial charge on any atom is 0.176 e. The molecule has 0 radical (unpaired) electrons. The molecule has 0 atom stereocenters. The molecule has 0 amide bonds. The van der Waals surface area contributed by atoms with Gasteiger partial charge in [-0.1, -0.05) is 0 Å². The van der Waals surface area contributed by atoms with E-state index in [0.717, 1.165) is 45.8 Å². The second-order valence-electron chi connectivity index (χ2n) is 5.79. The van der Waals surface area contributed by atoms with Crippen LogP contribution in [0.5, 0.6) is 17.2 Å². The molecule has 0 aliphatic heterocycles. The number of hydrogen-bond donors (Lipinski definition) is 1. The van der Waals surface area contributed by atoms with E-state index in [4.69, 9.17) is 9.47 Å². The summed E-state index contributed by atoms with van der Waals surface area (Å²) in [6.45, 7) is 3.89. The third kappa shape index (κ3) is 2.82. The fourth-order valence-corrected chi connectivity index (χ4v) is 2.75. The summed E-state index contributed by atoms with van der Waals surface area (Å²) in [6.07, 6.45) is 0. The summed E-state index contributed by atoms with van der Waals surface area (Å²) in [7, 11) is 1.64. The number of aromatic nitrogens is 4. The highest BCUT2D eigenvalue weighted by Crippen LogP contribution is 2.27. The predicted octanol–water partition coefficient (Wildman–Crippen LogP) is 4.14. The zero-order valence-electron chi connectivity index (χ0n) is 14.3. The Kier molecular flexibility index (Phi) is 3.65. The van der Waals surface area contributed by atoms with Crippen LogP contribution in [-0.2, 0) is 0 Å². The lowest BCUT2D eigenvalue weighted by Gasteiger charge is -2.07. The molecular formula is C19H18N4O2. The molecule has 0 spiro atoms. The van der Waals surface area contributed by atoms with Crippen LogP contribution >= 0.6 is 0 Å². The first kappa shape index (κ1) is 15.3. The van der Waals surface area contributed by atoms with Gasteiger partial charge in [0, 0.05) is 5.56 Å². The highest BCUT2D eigenvalue weighted by Gasteiger charge is 2.13. The van der Waals surface area contributed by atoms with Gasteiger partial charge in [0.1, 0.15) is 23.1 Å². The molecule has 4 rings (SSSR count). The minimum absolute atomic E-state index is 0.761. The minimum Gasteiger partial charge on any atom is -0.497 e. The van der Waals surface area contributed by atoms with E-state index in [9.17, 15) is 0 Å². The highest BCUT2D eigenvalue weighted by molar-refractivity contribution is 5.63. The van der Waals surface area contributed by atoms with Crippen LogP contribution < -0.4 is 9.47 Å². The Labute approximate surface area is 145 Å². The van der Waals surface area contributed by atoms with Gasteiger partial charge in [-0.3, -0.25) is 5.10 Å². The van der Waals surface area contributed by atoms with Crippen LogP contribution in [0.1, 0.15) is 11.5 Å². The highest BCUT2D eigenvalue weighted by atomic mass is 16.5. The molecule has 4 aromatic rings. The van der Waals surface area contributed by atoms with Gasteiger partial charge in [0.15, 0.2) is 11.5 Å². The number of rotatable bonds is 4. The fraction of sp³-hybridized carbons (Fsp3) is 0.158. The normalized spacial score (nSPS) is 11.0. The zero-order valence-corrected chi connectivity index (χ0v) is 14.3. The Morgan fingerprint density at radius 1 is 0.840 bits per heavy atom. The van der Waals surface area contributed by atoms with E-state index in [2.05, 4.69) is 15.1 Å². The number of imidazole rings is 1. The standard InChI is InChI=1S/C19H18N4O2/c1-12-18-21-13(2)22-23(18)19(20-12)14-4-6-16(7-5-14)25-17-10-8-15(24-3)9-11-17/h4-11H,1-3H3,(H,21,22). The maximum atomic E-state index is 5.86. The number of methoxy groups -OCH3 is 1. The summed E-state index contributed by atoms with van der Waals surface area (Å²) in [5.74, 6) is 4.03. The van der Waals surface area contributed by atoms with Gasteiger partial charge < -0.3 is 9.47 Å². The van der Waals surface area contributed by atoms with Crippen LogP contribution in [0.3, 0.4) is 0 Å². The summed E-state index contributed by atoms with van der Waals surface area (Å²) in [5.41, 5.74) is 2.75. The number of nitrogens with zero attached hydrogens (tertiary/aromatic N) is 3. The first-order valence-corrected chi connectivity index (χ1v) is 7.98. The molecule has 2 aromatic carbocycles. The topological polar surface area (TPSA) is 64.4 Å². The number of benzene rings is 2. The van der Waals surface area contributed by atoms with Crippen molar-refractivity contribution in [2.45, 2.75) is 13.8 Å². The molecule has 0 unspecified atom stereocenters. The number of H-pyrrole nitrogens is 1. The van der Waals surface area contributed by atoms with E-state index >= 15 is 0 Å². The Morgan fingerprint density at radius 3 is 2.08 bits per heavy atom. The van der Waals surface area contributed by atoms with Gasteiger partial charge in [0.2, 0.25) is 0 Å². The second kappa shape index (κ2) is 5.98. The van der Waals surface area contributed by atoms with Gasteiger partial charge in [-0.05, 0) is 62.4 Å². The number of nitrogens with one attached hydrogen (secondary N) is 1. The van der Waals surface area contributed by atoms with Crippen molar-refractivity contribution in [3.05, 3.63) is 60.0 Å². The van der Waals surface area contributed by atoms with E-state index in [1.807, 2.05) is 66.9 Å². The number of aromatic amines is 1. The quantitative estimate of drug-likeness (QED) is 0.609. The van der Waals surface area contributed by atoms with Gasteiger partial charge >= 0.3 is 0 Å². The van der Waals surface area contributed by atoms with E-state index < -0.39 is 0 Å². The van der Waals surface area contributed by atoms with Crippen LogP contribution in [-0.4, -0.2) is 26.7 Å². The molecule has 0 aliphatic rings. The van der Waals surface area contributed by atoms with E-state index in [0.29, 0.717) is 0 Å². The Balaban J connectivity index is 1.60. The average Bonchev–Trinajstić information content (AvgIpc) is 3.15. The first-order valence-electron chi connectivity index (χ1n) is 7.98. The summed E-state index contributed by atoms with van der Waals surface area (Å²) in [5, 5.41) is 3.21. The Morgan fingerprint density at radius 2 is 1.44 bits per heavy atom. The largest absolute Gasteiger partial charge is 0.497 e. The van der Waals surface area contributed by atoms with E-state index in [1.54, 1.807) is 7.11 Å². The van der Waals surface area contributed by atoms with Crippen molar-refractivity contribution in [3.63, 3.8) is 0 Å². The van der Waals surface area contributed by atoms with Crippen molar-refractivity contribution in [2.75, 3.05) is 7.11 Å². The lowest BCUT2D eigenvalue weighted by Crippen LogP contribution is -1.91. The zero-order chi connectivity index (χ0) is 17.4. The number of ether oxygens (including phenoxy) is 2. The molecule has 0 saturated carbocycles. The summed E-state index contributed by atoms with van der Waals surface area (Å²) in [6, 6.07) is 15.3. The van der Waals surface area contributed by atoms with E-state index in [1.165, 1.54) is 0 Å². The van der Waals surface area contributed by atoms with Crippen molar-refractivity contribution in [3.8, 4) is 28.6 Å². The Bertz CT molecular complexity index is 1010. The third-order valence-corrected chi connectivity index (χ3v) is 3.98. The van der Waals surface area contributed by atoms with Crippen molar-refractivity contribution >= 4 is 5.65 Å². The van der Waals surface area contributed by atoms with Crippen molar-refractivity contribution in [1.82, 2.24) is 19.6 Å². The van der Waals surface area contributed by atoms with Gasteiger partial charge in [0.05, 0.1) is 12.8 Å². The molecule has 25 heavy (non-hydrogen) atoms. The maximum absolute atomic E-state index is 5.86. The van der Waals surface area contributed by atoms with Crippen molar-refractivity contribution in [1.29, 1.82) is 0 Å². The third-order valence-electron chi connectivity index (χ3n) is 3.98. The van der Waals surface area contributed by atoms with Gasteiger partial charge in [-0.2, -0.15) is 0 Å². The SMILES string of the molecule is COc1ccc(Oc2ccc(-c3nc(C)c4nc(C)[nH]n34)cc2)cc1. The van der Waals surface area contributed by atoms with Crippen molar-refractivity contribution in [2.24, 2.45) is 0 Å². The molecule has 0 bridgehead atoms. The molecular weight excluding hydrogens is 316 g/mol. The smallest absolute Gasteiger partial charge is 0.176 e. The second-order valence-corrected chi connectivity index (χ2v) is 5.79. The monoisotopic (exact) mass is 334 g/mol. The molecule has 0 fully saturated rings. The molecule has 6 nitrogen and oxygen atoms in total. The summed E-state index contributed by atoms with van der Waals surface area (Å²) < 4.78 is 12.9. The van der Waals surface area contributed by atoms with E-state index in [-0.39, 0.29) is 0 Å². The number of fused-ring (bicyclic) bond motifs is 1. The molecule has 2 aromatic heterocycles. The van der Waals surface area contributed by atoms with Crippen LogP contribution in [0, 0.1) is 13.8 Å². The average molecular weight is 334 g/mol. The predicted molar refractivity (Wildman–Crippen MR) is 95.3 cm³/mol. The van der Waals surface area contributed by atoms with Crippen LogP contribution in [0.25, 0.3) is 17.0 Å². The molecule has 1 N–H and O–H groups in total. The summed E-state index contributed by atoms with van der Waals surface area (Å²) in [4.78, 5) is 9.06. The fourth-order valence-electron chi connectivity index (χ4n) is 2.75. The molecule has 126 valence electrons. The molecule has 0 saturated heterocycles. The van der Waals surface area contributed by atoms with Gasteiger partial charge in [-0.25, -0.2) is 14.5 Å². The molecule has 2 heterocycles. The first-order chi connectivity index (χ1) is 12.1. The van der Waals surface area contributed by atoms with Crippen molar-refractivity contribution < 1.29 is 9.47 Å². The molecule has 0 aliphatic carbocycles. The van der Waals surface area contributed by atoms with Crippen LogP contribution in [0.2, 0.25) is 0 Å². The minimum atomic E-state index is 0.761. The van der Waals surface area contributed by atoms with Gasteiger partial charge in [0.25, 0.3) is 0 Å².